The third-order valence-corrected chi connectivity index (χ3v) is 3.87. The van der Waals surface area contributed by atoms with Crippen molar-refractivity contribution in [3.05, 3.63) is 0 Å². The number of rotatable bonds is 0. The van der Waals surface area contributed by atoms with Crippen molar-refractivity contribution in [2.45, 2.75) is 37.9 Å². The first-order valence-electron chi connectivity index (χ1n) is 5.12. The van der Waals surface area contributed by atoms with Crippen molar-refractivity contribution in [3.8, 4) is 0 Å². The van der Waals surface area contributed by atoms with Crippen LogP contribution in [0.5, 0.6) is 0 Å². The van der Waals surface area contributed by atoms with E-state index in [4.69, 9.17) is 4.74 Å². The molecule has 0 amide bonds. The van der Waals surface area contributed by atoms with Crippen LogP contribution in [0.2, 0.25) is 0 Å². The van der Waals surface area contributed by atoms with Crippen molar-refractivity contribution in [1.82, 2.24) is 0 Å². The molecule has 1 N–H and O–H groups in total. The summed E-state index contributed by atoms with van der Waals surface area (Å²) in [5.41, 5.74) is 0. The number of aliphatic hydroxyl groups is 1. The van der Waals surface area contributed by atoms with Crippen molar-refractivity contribution in [2.24, 2.45) is 17.8 Å². The van der Waals surface area contributed by atoms with Crippen LogP contribution in [0, 0.1) is 17.8 Å². The highest BCUT2D eigenvalue weighted by Gasteiger charge is 2.49. The third-order valence-electron chi connectivity index (χ3n) is 3.87. The number of ether oxygens (including phenoxy) is 1. The summed E-state index contributed by atoms with van der Waals surface area (Å²) in [7, 11) is 0. The van der Waals surface area contributed by atoms with Crippen LogP contribution in [0.4, 0.5) is 0 Å². The molecule has 5 atom stereocenters. The lowest BCUT2D eigenvalue weighted by molar-refractivity contribution is -0.156. The highest BCUT2D eigenvalue weighted by Crippen LogP contribution is 2.46. The number of carbonyl (C=O) groups is 1. The van der Waals surface area contributed by atoms with E-state index in [-0.39, 0.29) is 24.1 Å². The Morgan fingerprint density at radius 3 is 2.92 bits per heavy atom. The largest absolute Gasteiger partial charge is 0.459 e. The fourth-order valence-electron chi connectivity index (χ4n) is 3.28. The average Bonchev–Trinajstić information content (AvgIpc) is 2.26. The molecule has 0 spiro atoms. The second-order valence-electron chi connectivity index (χ2n) is 4.73. The molecule has 3 heteroatoms. The Morgan fingerprint density at radius 1 is 1.23 bits per heavy atom. The van der Waals surface area contributed by atoms with Gasteiger partial charge in [0.2, 0.25) is 0 Å². The van der Waals surface area contributed by atoms with E-state index in [2.05, 4.69) is 0 Å². The number of fused-ring (bicyclic) bond motifs is 1. The number of hydrogen-bond acceptors (Lipinski definition) is 3. The molecule has 2 aliphatic heterocycles. The maximum Gasteiger partial charge on any atom is 0.309 e. The summed E-state index contributed by atoms with van der Waals surface area (Å²) in [6.45, 7) is 0. The number of hydrogen-bond donors (Lipinski definition) is 1. The van der Waals surface area contributed by atoms with Crippen molar-refractivity contribution in [2.75, 3.05) is 0 Å². The van der Waals surface area contributed by atoms with Crippen LogP contribution in [0.1, 0.15) is 25.7 Å². The fraction of sp³-hybridized carbons (Fsp3) is 0.900. The average molecular weight is 182 g/mol. The van der Waals surface area contributed by atoms with E-state index in [1.807, 2.05) is 0 Å². The summed E-state index contributed by atoms with van der Waals surface area (Å²) in [5.74, 6) is 0.984. The van der Waals surface area contributed by atoms with Crippen LogP contribution in [0.25, 0.3) is 0 Å². The van der Waals surface area contributed by atoms with Crippen LogP contribution < -0.4 is 0 Å². The molecular formula is C10H14O3. The maximum atomic E-state index is 11.5. The molecule has 0 unspecified atom stereocenters. The first-order chi connectivity index (χ1) is 6.24. The predicted octanol–water partition coefficient (Wildman–Crippen LogP) is 0.709. The number of carbonyl (C=O) groups excluding carboxylic acids is 1. The van der Waals surface area contributed by atoms with Gasteiger partial charge in [-0.05, 0) is 37.5 Å². The predicted molar refractivity (Wildman–Crippen MR) is 44.8 cm³/mol. The maximum absolute atomic E-state index is 11.5. The van der Waals surface area contributed by atoms with E-state index in [0.717, 1.165) is 25.7 Å². The summed E-state index contributed by atoms with van der Waals surface area (Å²) >= 11 is 0. The molecule has 2 saturated carbocycles. The Labute approximate surface area is 77.1 Å². The minimum Gasteiger partial charge on any atom is -0.459 e. The van der Waals surface area contributed by atoms with Crippen molar-refractivity contribution in [3.63, 3.8) is 0 Å². The molecular weight excluding hydrogens is 168 g/mol. The van der Waals surface area contributed by atoms with Gasteiger partial charge in [0.1, 0.15) is 6.10 Å². The van der Waals surface area contributed by atoms with E-state index < -0.39 is 0 Å². The monoisotopic (exact) mass is 182 g/mol. The van der Waals surface area contributed by atoms with Crippen LogP contribution in [0.3, 0.4) is 0 Å². The van der Waals surface area contributed by atoms with Crippen molar-refractivity contribution in [1.29, 1.82) is 0 Å². The Balaban J connectivity index is 1.98. The van der Waals surface area contributed by atoms with Crippen molar-refractivity contribution < 1.29 is 14.6 Å². The minimum absolute atomic E-state index is 0.0613. The molecule has 72 valence electrons. The first kappa shape index (κ1) is 7.80. The topological polar surface area (TPSA) is 46.5 Å². The molecule has 3 nitrogen and oxygen atoms in total. The molecule has 13 heavy (non-hydrogen) atoms. The van der Waals surface area contributed by atoms with Gasteiger partial charge in [0.25, 0.3) is 0 Å². The Bertz CT molecular complexity index is 251. The third kappa shape index (κ3) is 1.03. The van der Waals surface area contributed by atoms with Crippen LogP contribution in [-0.4, -0.2) is 23.3 Å². The van der Waals surface area contributed by atoms with Gasteiger partial charge in [-0.15, -0.1) is 0 Å². The van der Waals surface area contributed by atoms with Crippen LogP contribution in [0.15, 0.2) is 0 Å². The molecule has 0 radical (unpaired) electrons. The van der Waals surface area contributed by atoms with Gasteiger partial charge >= 0.3 is 5.97 Å². The zero-order chi connectivity index (χ0) is 9.00. The minimum atomic E-state index is -0.384. The summed E-state index contributed by atoms with van der Waals surface area (Å²) < 4.78 is 5.26. The summed E-state index contributed by atoms with van der Waals surface area (Å²) in [6.07, 6.45) is 3.27. The second-order valence-corrected chi connectivity index (χ2v) is 4.73. The molecule has 2 saturated heterocycles. The van der Waals surface area contributed by atoms with E-state index in [0.29, 0.717) is 11.8 Å². The van der Waals surface area contributed by atoms with E-state index >= 15 is 0 Å². The summed E-state index contributed by atoms with van der Waals surface area (Å²) in [4.78, 5) is 11.5. The van der Waals surface area contributed by atoms with Crippen LogP contribution in [-0.2, 0) is 9.53 Å². The lowest BCUT2D eigenvalue weighted by Gasteiger charge is -2.39. The highest BCUT2D eigenvalue weighted by atomic mass is 16.6. The molecule has 4 fully saturated rings. The normalized spacial score (nSPS) is 53.3. The van der Waals surface area contributed by atoms with Gasteiger partial charge in [-0.1, -0.05) is 0 Å². The van der Waals surface area contributed by atoms with Crippen LogP contribution >= 0.6 is 0 Å². The quantitative estimate of drug-likeness (QED) is 0.561. The van der Waals surface area contributed by atoms with Gasteiger partial charge in [-0.3, -0.25) is 4.79 Å². The Hall–Kier alpha value is -0.570. The van der Waals surface area contributed by atoms with Crippen molar-refractivity contribution >= 4 is 5.97 Å². The molecule has 4 aliphatic rings. The van der Waals surface area contributed by atoms with Gasteiger partial charge in [-0.2, -0.15) is 0 Å². The molecule has 0 aromatic carbocycles. The highest BCUT2D eigenvalue weighted by molar-refractivity contribution is 5.73. The molecule has 2 heterocycles. The standard InChI is InChI=1S/C10H14O3/c11-9-6-1-5-2-7(4-6)10(12)13-8(9)3-5/h5-9,11H,1-4H2/t5-,6+,7-,8+,9+/m0/s1. The zero-order valence-corrected chi connectivity index (χ0v) is 7.48. The lowest BCUT2D eigenvalue weighted by atomic mass is 9.67. The summed E-state index contributed by atoms with van der Waals surface area (Å²) in [5, 5.41) is 9.85. The van der Waals surface area contributed by atoms with Gasteiger partial charge < -0.3 is 9.84 Å². The molecule has 2 aliphatic carbocycles. The molecule has 0 aromatic rings. The van der Waals surface area contributed by atoms with Gasteiger partial charge in [0.05, 0.1) is 12.0 Å². The van der Waals surface area contributed by atoms with Gasteiger partial charge in [0, 0.05) is 0 Å². The van der Waals surface area contributed by atoms with E-state index in [9.17, 15) is 9.90 Å². The molecule has 0 aromatic heterocycles. The first-order valence-corrected chi connectivity index (χ1v) is 5.12. The zero-order valence-electron chi connectivity index (χ0n) is 7.48. The summed E-state index contributed by atoms with van der Waals surface area (Å²) in [6, 6.07) is 0. The molecule has 4 rings (SSSR count). The Kier molecular flexibility index (Phi) is 1.48. The second kappa shape index (κ2) is 2.47. The number of aliphatic hydroxyl groups excluding tert-OH is 1. The van der Waals surface area contributed by atoms with Gasteiger partial charge in [-0.25, -0.2) is 0 Å². The molecule has 4 bridgehead atoms. The smallest absolute Gasteiger partial charge is 0.309 e. The Morgan fingerprint density at radius 2 is 2.08 bits per heavy atom. The number of esters is 1. The van der Waals surface area contributed by atoms with E-state index in [1.165, 1.54) is 0 Å². The fourth-order valence-corrected chi connectivity index (χ4v) is 3.28. The van der Waals surface area contributed by atoms with E-state index in [1.54, 1.807) is 0 Å². The lowest BCUT2D eigenvalue weighted by Crippen LogP contribution is -2.42. The SMILES string of the molecule is O=C1O[C@@H]2C[C@@H]3C[C@H]1C[C@@H](C3)[C@H]2O. The van der Waals surface area contributed by atoms with Gasteiger partial charge in [0.15, 0.2) is 0 Å².